The first-order valence-corrected chi connectivity index (χ1v) is 8.04. The molecule has 0 aliphatic rings. The Morgan fingerprint density at radius 2 is 2.05 bits per heavy atom. The van der Waals surface area contributed by atoms with Crippen molar-refractivity contribution in [3.63, 3.8) is 0 Å². The lowest BCUT2D eigenvalue weighted by molar-refractivity contribution is 0.481. The average molecular weight is 335 g/mol. The predicted molar refractivity (Wildman–Crippen MR) is 73.2 cm³/mol. The van der Waals surface area contributed by atoms with Gasteiger partial charge in [0.15, 0.2) is 11.6 Å². The maximum absolute atomic E-state index is 13.7. The van der Waals surface area contributed by atoms with Crippen molar-refractivity contribution >= 4 is 21.4 Å². The molecular weight excluding hydrogens is 324 g/mol. The van der Waals surface area contributed by atoms with E-state index in [9.17, 15) is 22.0 Å². The molecule has 0 aliphatic carbocycles. The highest BCUT2D eigenvalue weighted by Gasteiger charge is 2.22. The molecule has 21 heavy (non-hydrogen) atoms. The highest BCUT2D eigenvalue weighted by molar-refractivity contribution is 7.89. The van der Waals surface area contributed by atoms with E-state index in [1.807, 2.05) is 0 Å². The minimum absolute atomic E-state index is 0.127. The quantitative estimate of drug-likeness (QED) is 0.746. The minimum Gasteiger partial charge on any atom is -0.326 e. The lowest BCUT2D eigenvalue weighted by Crippen LogP contribution is -2.25. The van der Waals surface area contributed by atoms with Gasteiger partial charge >= 0.3 is 4.87 Å². The number of aromatic nitrogens is 1. The maximum atomic E-state index is 13.7. The zero-order valence-electron chi connectivity index (χ0n) is 10.5. The summed E-state index contributed by atoms with van der Waals surface area (Å²) in [4.78, 5) is 12.2. The zero-order chi connectivity index (χ0) is 15.6. The van der Waals surface area contributed by atoms with Crippen molar-refractivity contribution in [2.45, 2.75) is 18.0 Å². The number of H-pyrrole nitrogens is 1. The van der Waals surface area contributed by atoms with Crippen LogP contribution in [0.2, 0.25) is 0 Å². The van der Waals surface area contributed by atoms with Crippen LogP contribution in [0.4, 0.5) is 8.78 Å². The number of hydrogen-bond acceptors (Lipinski definition) is 5. The summed E-state index contributed by atoms with van der Waals surface area (Å²) in [5.74, 6) is -2.76. The smallest absolute Gasteiger partial charge is 0.304 e. The summed E-state index contributed by atoms with van der Waals surface area (Å²) in [6.07, 6.45) is 0. The first-order chi connectivity index (χ1) is 9.83. The number of rotatable bonds is 5. The second kappa shape index (κ2) is 6.02. The van der Waals surface area contributed by atoms with Crippen molar-refractivity contribution < 1.29 is 17.2 Å². The molecule has 0 aliphatic heterocycles. The zero-order valence-corrected chi connectivity index (χ0v) is 12.2. The number of halogens is 2. The number of sulfonamides is 1. The van der Waals surface area contributed by atoms with Crippen molar-refractivity contribution in [2.75, 3.05) is 0 Å². The molecule has 2 rings (SSSR count). The Kier molecular flexibility index (Phi) is 4.52. The first-order valence-electron chi connectivity index (χ1n) is 5.68. The SMILES string of the molecule is NCc1cc(F)c(F)c(S(=O)(=O)NCc2csc(=O)[nH]2)c1. The summed E-state index contributed by atoms with van der Waals surface area (Å²) in [5.41, 5.74) is 5.78. The number of benzene rings is 1. The molecular formula is C11H11F2N3O3S2. The van der Waals surface area contributed by atoms with Gasteiger partial charge in [-0.1, -0.05) is 11.3 Å². The van der Waals surface area contributed by atoms with Crippen LogP contribution in [0, 0.1) is 11.6 Å². The van der Waals surface area contributed by atoms with Gasteiger partial charge < -0.3 is 10.7 Å². The highest BCUT2D eigenvalue weighted by Crippen LogP contribution is 2.20. The van der Waals surface area contributed by atoms with E-state index in [2.05, 4.69) is 9.71 Å². The third kappa shape index (κ3) is 3.53. The van der Waals surface area contributed by atoms with Crippen LogP contribution in [0.5, 0.6) is 0 Å². The molecule has 0 spiro atoms. The van der Waals surface area contributed by atoms with E-state index in [-0.39, 0.29) is 23.5 Å². The number of nitrogens with two attached hydrogens (primary N) is 1. The summed E-state index contributed by atoms with van der Waals surface area (Å²) in [6, 6.07) is 1.81. The Bertz CT molecular complexity index is 814. The van der Waals surface area contributed by atoms with Gasteiger partial charge in [0.1, 0.15) is 4.90 Å². The molecule has 0 saturated carbocycles. The summed E-state index contributed by atoms with van der Waals surface area (Å²) < 4.78 is 53.1. The average Bonchev–Trinajstić information content (AvgIpc) is 2.85. The van der Waals surface area contributed by atoms with Gasteiger partial charge in [-0.15, -0.1) is 0 Å². The van der Waals surface area contributed by atoms with Gasteiger partial charge in [-0.3, -0.25) is 4.79 Å². The summed E-state index contributed by atoms with van der Waals surface area (Å²) in [6.45, 7) is -0.368. The largest absolute Gasteiger partial charge is 0.326 e. The molecule has 1 aromatic carbocycles. The van der Waals surface area contributed by atoms with Crippen LogP contribution in [-0.2, 0) is 23.1 Å². The Hall–Kier alpha value is -1.62. The molecule has 0 saturated heterocycles. The topological polar surface area (TPSA) is 105 Å². The van der Waals surface area contributed by atoms with Gasteiger partial charge in [-0.2, -0.15) is 0 Å². The first kappa shape index (κ1) is 15.8. The van der Waals surface area contributed by atoms with Crippen molar-refractivity contribution in [1.82, 2.24) is 9.71 Å². The van der Waals surface area contributed by atoms with E-state index < -0.39 is 26.6 Å². The fourth-order valence-electron chi connectivity index (χ4n) is 1.58. The van der Waals surface area contributed by atoms with Crippen LogP contribution in [-0.4, -0.2) is 13.4 Å². The molecule has 1 aromatic heterocycles. The van der Waals surface area contributed by atoms with Gasteiger partial charge in [0.05, 0.1) is 6.54 Å². The van der Waals surface area contributed by atoms with Gasteiger partial charge in [-0.05, 0) is 17.7 Å². The number of aromatic amines is 1. The van der Waals surface area contributed by atoms with Gasteiger partial charge in [0.25, 0.3) is 0 Å². The van der Waals surface area contributed by atoms with Crippen LogP contribution in [0.15, 0.2) is 27.2 Å². The van der Waals surface area contributed by atoms with E-state index >= 15 is 0 Å². The lowest BCUT2D eigenvalue weighted by atomic mass is 10.2. The van der Waals surface area contributed by atoms with Gasteiger partial charge in [-0.25, -0.2) is 21.9 Å². The Labute approximate surface area is 122 Å². The molecule has 114 valence electrons. The Balaban J connectivity index is 2.31. The van der Waals surface area contributed by atoms with Crippen LogP contribution in [0.25, 0.3) is 0 Å². The molecule has 6 nitrogen and oxygen atoms in total. The third-order valence-corrected chi connectivity index (χ3v) is 4.72. The summed E-state index contributed by atoms with van der Waals surface area (Å²) >= 11 is 0.866. The number of hydrogen-bond donors (Lipinski definition) is 3. The molecule has 10 heteroatoms. The molecule has 0 unspecified atom stereocenters. The van der Waals surface area contributed by atoms with E-state index in [4.69, 9.17) is 5.73 Å². The normalized spacial score (nSPS) is 11.8. The third-order valence-electron chi connectivity index (χ3n) is 2.60. The second-order valence-electron chi connectivity index (χ2n) is 4.09. The Morgan fingerprint density at radius 1 is 1.33 bits per heavy atom. The van der Waals surface area contributed by atoms with Gasteiger partial charge in [0, 0.05) is 17.6 Å². The fourth-order valence-corrected chi connectivity index (χ4v) is 3.30. The molecule has 0 fully saturated rings. The molecule has 0 bridgehead atoms. The van der Waals surface area contributed by atoms with Crippen LogP contribution in [0.1, 0.15) is 11.3 Å². The predicted octanol–water partition coefficient (Wildman–Crippen LogP) is 0.652. The monoisotopic (exact) mass is 335 g/mol. The van der Waals surface area contributed by atoms with Crippen LogP contribution >= 0.6 is 11.3 Å². The van der Waals surface area contributed by atoms with E-state index in [0.717, 1.165) is 23.5 Å². The van der Waals surface area contributed by atoms with E-state index in [0.29, 0.717) is 5.69 Å². The van der Waals surface area contributed by atoms with Crippen molar-refractivity contribution in [3.8, 4) is 0 Å². The summed E-state index contributed by atoms with van der Waals surface area (Å²) in [5, 5.41) is 1.43. The fraction of sp³-hybridized carbons (Fsp3) is 0.182. The summed E-state index contributed by atoms with van der Waals surface area (Å²) in [7, 11) is -4.27. The minimum atomic E-state index is -4.27. The van der Waals surface area contributed by atoms with Crippen molar-refractivity contribution in [1.29, 1.82) is 0 Å². The number of thiazole rings is 1. The number of nitrogens with one attached hydrogen (secondary N) is 2. The maximum Gasteiger partial charge on any atom is 0.304 e. The second-order valence-corrected chi connectivity index (χ2v) is 6.67. The highest BCUT2D eigenvalue weighted by atomic mass is 32.2. The lowest BCUT2D eigenvalue weighted by Gasteiger charge is -2.09. The molecule has 0 atom stereocenters. The molecule has 4 N–H and O–H groups in total. The van der Waals surface area contributed by atoms with Crippen LogP contribution in [0.3, 0.4) is 0 Å². The standard InChI is InChI=1S/C11H11F2N3O3S2/c12-8-1-6(3-14)2-9(10(8)13)21(18,19)15-4-7-5-20-11(17)16-7/h1-2,5,15H,3-4,14H2,(H,16,17). The molecule has 2 aromatic rings. The van der Waals surface area contributed by atoms with Gasteiger partial charge in [0.2, 0.25) is 10.0 Å². The van der Waals surface area contributed by atoms with Crippen molar-refractivity contribution in [2.24, 2.45) is 5.73 Å². The van der Waals surface area contributed by atoms with Crippen LogP contribution < -0.4 is 15.3 Å². The molecule has 0 amide bonds. The van der Waals surface area contributed by atoms with E-state index in [1.54, 1.807) is 0 Å². The van der Waals surface area contributed by atoms with E-state index in [1.165, 1.54) is 5.38 Å². The molecule has 0 radical (unpaired) electrons. The van der Waals surface area contributed by atoms with Crippen molar-refractivity contribution in [3.05, 3.63) is 50.1 Å². The molecule has 1 heterocycles. The Morgan fingerprint density at radius 3 is 2.62 bits per heavy atom.